The van der Waals surface area contributed by atoms with Crippen LogP contribution in [-0.4, -0.2) is 46.8 Å². The van der Waals surface area contributed by atoms with E-state index in [1.54, 1.807) is 6.08 Å². The topological polar surface area (TPSA) is 40.6 Å². The fraction of sp³-hybridized carbons (Fsp3) is 0.524. The van der Waals surface area contributed by atoms with Crippen molar-refractivity contribution in [2.75, 3.05) is 19.6 Å². The number of hydrogen-bond donors (Lipinski definition) is 0. The summed E-state index contributed by atoms with van der Waals surface area (Å²) in [5.74, 6) is 0.283. The molecule has 2 saturated heterocycles. The highest BCUT2D eigenvalue weighted by Gasteiger charge is 2.45. The number of benzene rings is 1. The Hall–Kier alpha value is -2.10. The van der Waals surface area contributed by atoms with E-state index in [2.05, 4.69) is 13.5 Å². The Labute approximate surface area is 150 Å². The summed E-state index contributed by atoms with van der Waals surface area (Å²) in [5, 5.41) is 0. The Morgan fingerprint density at radius 1 is 1.24 bits per heavy atom. The van der Waals surface area contributed by atoms with Gasteiger partial charge in [0.15, 0.2) is 0 Å². The maximum atomic E-state index is 13.0. The largest absolute Gasteiger partial charge is 0.336 e. The fourth-order valence-electron chi connectivity index (χ4n) is 4.30. The van der Waals surface area contributed by atoms with E-state index in [0.717, 1.165) is 44.2 Å². The Morgan fingerprint density at radius 2 is 1.96 bits per heavy atom. The molecule has 2 heterocycles. The van der Waals surface area contributed by atoms with Crippen LogP contribution < -0.4 is 0 Å². The molecule has 2 aliphatic heterocycles. The number of carbonyl (C=O) groups is 2. The molecular formula is C21H28N2O2. The van der Waals surface area contributed by atoms with E-state index in [9.17, 15) is 9.59 Å². The van der Waals surface area contributed by atoms with Crippen LogP contribution in [0.5, 0.6) is 0 Å². The minimum atomic E-state index is -0.208. The smallest absolute Gasteiger partial charge is 0.253 e. The lowest BCUT2D eigenvalue weighted by Gasteiger charge is -2.52. The van der Waals surface area contributed by atoms with Crippen molar-refractivity contribution in [2.45, 2.75) is 51.0 Å². The van der Waals surface area contributed by atoms with E-state index in [4.69, 9.17) is 0 Å². The van der Waals surface area contributed by atoms with Gasteiger partial charge in [0.2, 0.25) is 5.91 Å². The van der Waals surface area contributed by atoms with Gasteiger partial charge in [0, 0.05) is 31.6 Å². The average molecular weight is 340 g/mol. The van der Waals surface area contributed by atoms with Gasteiger partial charge in [-0.2, -0.15) is 0 Å². The lowest BCUT2D eigenvalue weighted by atomic mass is 9.79. The highest BCUT2D eigenvalue weighted by atomic mass is 16.2. The predicted molar refractivity (Wildman–Crippen MR) is 99.4 cm³/mol. The molecule has 4 nitrogen and oxygen atoms in total. The van der Waals surface area contributed by atoms with Crippen molar-refractivity contribution in [1.82, 2.24) is 9.80 Å². The van der Waals surface area contributed by atoms with E-state index in [0.29, 0.717) is 19.5 Å². The molecular weight excluding hydrogens is 312 g/mol. The van der Waals surface area contributed by atoms with Crippen molar-refractivity contribution in [1.29, 1.82) is 0 Å². The Bertz CT molecular complexity index is 648. The summed E-state index contributed by atoms with van der Waals surface area (Å²) in [5.41, 5.74) is 1.77. The lowest BCUT2D eigenvalue weighted by Crippen LogP contribution is -2.63. The molecule has 1 spiro atoms. The molecule has 4 heteroatoms. The molecule has 0 bridgehead atoms. The zero-order valence-corrected chi connectivity index (χ0v) is 15.2. The first-order chi connectivity index (χ1) is 12.1. The number of amides is 2. The highest BCUT2D eigenvalue weighted by molar-refractivity contribution is 5.94. The number of likely N-dealkylation sites (tertiary alicyclic amines) is 2. The molecule has 1 aromatic carbocycles. The van der Waals surface area contributed by atoms with Gasteiger partial charge in [-0.05, 0) is 49.8 Å². The molecule has 1 atom stereocenters. The van der Waals surface area contributed by atoms with Crippen molar-refractivity contribution in [3.05, 3.63) is 48.0 Å². The number of carbonyl (C=O) groups excluding carboxylic acids is 2. The molecule has 25 heavy (non-hydrogen) atoms. The van der Waals surface area contributed by atoms with Gasteiger partial charge in [-0.25, -0.2) is 0 Å². The molecule has 134 valence electrons. The molecule has 0 aliphatic carbocycles. The molecule has 2 amide bonds. The molecule has 1 aromatic rings. The Kier molecular flexibility index (Phi) is 5.26. The lowest BCUT2D eigenvalue weighted by molar-refractivity contribution is -0.143. The number of hydrogen-bond acceptors (Lipinski definition) is 2. The average Bonchev–Trinajstić information content (AvgIpc) is 2.65. The van der Waals surface area contributed by atoms with Crippen molar-refractivity contribution >= 4 is 11.8 Å². The molecule has 0 saturated carbocycles. The maximum absolute atomic E-state index is 13.0. The van der Waals surface area contributed by atoms with E-state index >= 15 is 0 Å². The number of nitrogens with zero attached hydrogens (tertiary/aromatic N) is 2. The van der Waals surface area contributed by atoms with Crippen LogP contribution in [0.15, 0.2) is 36.9 Å². The molecule has 2 aliphatic rings. The van der Waals surface area contributed by atoms with Crippen LogP contribution in [0, 0.1) is 0 Å². The minimum Gasteiger partial charge on any atom is -0.336 e. The minimum absolute atomic E-state index is 0.0818. The molecule has 0 aromatic heterocycles. The summed E-state index contributed by atoms with van der Waals surface area (Å²) in [6.07, 6.45) is 7.20. The second-order valence-electron chi connectivity index (χ2n) is 7.25. The van der Waals surface area contributed by atoms with Crippen molar-refractivity contribution in [3.8, 4) is 0 Å². The van der Waals surface area contributed by atoms with Crippen LogP contribution >= 0.6 is 0 Å². The molecule has 0 radical (unpaired) electrons. The van der Waals surface area contributed by atoms with Gasteiger partial charge < -0.3 is 9.80 Å². The second-order valence-corrected chi connectivity index (χ2v) is 7.25. The first-order valence-corrected chi connectivity index (χ1v) is 9.39. The van der Waals surface area contributed by atoms with Crippen molar-refractivity contribution in [3.63, 3.8) is 0 Å². The maximum Gasteiger partial charge on any atom is 0.253 e. The molecule has 0 N–H and O–H groups in total. The summed E-state index contributed by atoms with van der Waals surface area (Å²) < 4.78 is 0. The fourth-order valence-corrected chi connectivity index (χ4v) is 4.30. The van der Waals surface area contributed by atoms with Gasteiger partial charge in [0.05, 0.1) is 5.54 Å². The normalized spacial score (nSPS) is 23.8. The van der Waals surface area contributed by atoms with Gasteiger partial charge >= 0.3 is 0 Å². The zero-order valence-electron chi connectivity index (χ0n) is 15.2. The Balaban J connectivity index is 1.80. The third-order valence-corrected chi connectivity index (χ3v) is 5.67. The predicted octanol–water partition coefficient (Wildman–Crippen LogP) is 3.42. The molecule has 2 fully saturated rings. The van der Waals surface area contributed by atoms with Gasteiger partial charge in [-0.3, -0.25) is 9.59 Å². The van der Waals surface area contributed by atoms with Crippen LogP contribution in [0.1, 0.15) is 54.9 Å². The highest BCUT2D eigenvalue weighted by Crippen LogP contribution is 2.37. The van der Waals surface area contributed by atoms with Gasteiger partial charge in [-0.15, -0.1) is 6.58 Å². The van der Waals surface area contributed by atoms with Crippen LogP contribution in [0.4, 0.5) is 0 Å². The summed E-state index contributed by atoms with van der Waals surface area (Å²) in [7, 11) is 0. The monoisotopic (exact) mass is 340 g/mol. The van der Waals surface area contributed by atoms with Crippen LogP contribution in [0.25, 0.3) is 0 Å². The number of rotatable bonds is 4. The summed E-state index contributed by atoms with van der Waals surface area (Å²) in [4.78, 5) is 29.3. The number of aryl methyl sites for hydroxylation is 1. The zero-order chi connectivity index (χ0) is 17.9. The van der Waals surface area contributed by atoms with Crippen LogP contribution in [0.3, 0.4) is 0 Å². The quantitative estimate of drug-likeness (QED) is 0.788. The Morgan fingerprint density at radius 3 is 2.64 bits per heavy atom. The standard InChI is InChI=1S/C21H28N2O2/c1-3-14-23-19(24)7-5-12-21(23)13-6-15-22(16-21)20(25)18-10-8-17(4-2)9-11-18/h3,8-11H,1,4-7,12-16H2,2H3. The van der Waals surface area contributed by atoms with Gasteiger partial charge in [0.1, 0.15) is 0 Å². The van der Waals surface area contributed by atoms with Crippen LogP contribution in [0.2, 0.25) is 0 Å². The first-order valence-electron chi connectivity index (χ1n) is 9.39. The van der Waals surface area contributed by atoms with E-state index in [1.807, 2.05) is 34.1 Å². The van der Waals surface area contributed by atoms with Gasteiger partial charge in [0.25, 0.3) is 5.91 Å². The molecule has 3 rings (SSSR count). The first kappa shape index (κ1) is 17.7. The van der Waals surface area contributed by atoms with E-state index in [1.165, 1.54) is 5.56 Å². The summed E-state index contributed by atoms with van der Waals surface area (Å²) in [6.45, 7) is 7.91. The van der Waals surface area contributed by atoms with Crippen molar-refractivity contribution < 1.29 is 9.59 Å². The summed E-state index contributed by atoms with van der Waals surface area (Å²) >= 11 is 0. The third kappa shape index (κ3) is 3.48. The third-order valence-electron chi connectivity index (χ3n) is 5.67. The summed E-state index contributed by atoms with van der Waals surface area (Å²) in [6, 6.07) is 7.91. The van der Waals surface area contributed by atoms with E-state index < -0.39 is 0 Å². The van der Waals surface area contributed by atoms with Crippen molar-refractivity contribution in [2.24, 2.45) is 0 Å². The second kappa shape index (κ2) is 7.42. The molecule has 1 unspecified atom stereocenters. The van der Waals surface area contributed by atoms with E-state index in [-0.39, 0.29) is 17.4 Å². The number of piperidine rings is 2. The SMILES string of the molecule is C=CCN1C(=O)CCCC12CCCN(C(=O)c1ccc(CC)cc1)C2. The van der Waals surface area contributed by atoms with Gasteiger partial charge in [-0.1, -0.05) is 25.1 Å². The van der Waals surface area contributed by atoms with Crippen LogP contribution in [-0.2, 0) is 11.2 Å².